The van der Waals surface area contributed by atoms with E-state index in [1.165, 1.54) is 0 Å². The number of hydrogen-bond donors (Lipinski definition) is 2. The van der Waals surface area contributed by atoms with Crippen molar-refractivity contribution in [1.29, 1.82) is 0 Å². The van der Waals surface area contributed by atoms with E-state index in [0.717, 1.165) is 19.3 Å². The normalized spacial score (nSPS) is 12.2. The largest absolute Gasteiger partial charge is 0.352 e. The summed E-state index contributed by atoms with van der Waals surface area (Å²) in [5.74, 6) is 0.0111. The molecule has 0 aliphatic carbocycles. The van der Waals surface area contributed by atoms with E-state index in [9.17, 15) is 4.79 Å². The van der Waals surface area contributed by atoms with Gasteiger partial charge in [0.25, 0.3) is 0 Å². The van der Waals surface area contributed by atoms with E-state index in [-0.39, 0.29) is 17.9 Å². The number of carbonyl (C=O) groups is 1. The summed E-state index contributed by atoms with van der Waals surface area (Å²) in [4.78, 5) is 12.0. The van der Waals surface area contributed by atoms with Gasteiger partial charge in [-0.25, -0.2) is 0 Å². The summed E-state index contributed by atoms with van der Waals surface area (Å²) < 4.78 is 0. The van der Waals surface area contributed by atoms with Crippen LogP contribution in [0.15, 0.2) is 25.3 Å². The highest BCUT2D eigenvalue weighted by atomic mass is 16.1. The zero-order valence-corrected chi connectivity index (χ0v) is 11.0. The van der Waals surface area contributed by atoms with Gasteiger partial charge in [0.2, 0.25) is 5.91 Å². The lowest BCUT2D eigenvalue weighted by Crippen LogP contribution is -2.43. The second-order valence-electron chi connectivity index (χ2n) is 4.33. The molecule has 0 aromatic heterocycles. The van der Waals surface area contributed by atoms with Crippen LogP contribution in [0, 0.1) is 5.92 Å². The third-order valence-electron chi connectivity index (χ3n) is 2.81. The number of nitrogens with two attached hydrogens (primary N) is 1. The Kier molecular flexibility index (Phi) is 9.44. The van der Waals surface area contributed by atoms with Crippen LogP contribution >= 0.6 is 0 Å². The molecule has 0 saturated heterocycles. The Labute approximate surface area is 105 Å². The lowest BCUT2D eigenvalue weighted by Gasteiger charge is -2.20. The van der Waals surface area contributed by atoms with Gasteiger partial charge in [0.1, 0.15) is 0 Å². The fraction of sp³-hybridized carbons (Fsp3) is 0.643. The Morgan fingerprint density at radius 3 is 2.35 bits per heavy atom. The molecule has 0 bridgehead atoms. The van der Waals surface area contributed by atoms with Crippen LogP contribution in [0.4, 0.5) is 0 Å². The van der Waals surface area contributed by atoms with Gasteiger partial charge in [-0.1, -0.05) is 31.9 Å². The van der Waals surface area contributed by atoms with Crippen molar-refractivity contribution in [2.24, 2.45) is 11.7 Å². The first-order valence-electron chi connectivity index (χ1n) is 6.41. The lowest BCUT2D eigenvalue weighted by atomic mass is 9.99. The quantitative estimate of drug-likeness (QED) is 0.574. The molecule has 0 radical (unpaired) electrons. The first-order chi connectivity index (χ1) is 8.19. The van der Waals surface area contributed by atoms with Gasteiger partial charge in [0.05, 0.1) is 0 Å². The van der Waals surface area contributed by atoms with Crippen LogP contribution in [0.5, 0.6) is 0 Å². The van der Waals surface area contributed by atoms with Crippen LogP contribution < -0.4 is 11.1 Å². The summed E-state index contributed by atoms with van der Waals surface area (Å²) >= 11 is 0. The van der Waals surface area contributed by atoms with Crippen molar-refractivity contribution in [2.45, 2.75) is 45.1 Å². The zero-order chi connectivity index (χ0) is 13.1. The molecule has 0 saturated carbocycles. The van der Waals surface area contributed by atoms with Crippen molar-refractivity contribution < 1.29 is 4.79 Å². The standard InChI is InChI=1S/C14H26N2O/c1-4-7-10-13(11-15)16-14(17)12(8-5-2)9-6-3/h5-6,12-13H,2-4,7-11,15H2,1H3,(H,16,17). The van der Waals surface area contributed by atoms with Gasteiger partial charge in [-0.15, -0.1) is 13.2 Å². The van der Waals surface area contributed by atoms with Crippen molar-refractivity contribution in [2.75, 3.05) is 6.54 Å². The maximum atomic E-state index is 12.0. The van der Waals surface area contributed by atoms with Gasteiger partial charge in [-0.3, -0.25) is 4.79 Å². The SMILES string of the molecule is C=CCC(CC=C)C(=O)NC(CN)CCCC. The van der Waals surface area contributed by atoms with E-state index in [1.54, 1.807) is 12.2 Å². The van der Waals surface area contributed by atoms with Gasteiger partial charge >= 0.3 is 0 Å². The van der Waals surface area contributed by atoms with E-state index >= 15 is 0 Å². The third-order valence-corrected chi connectivity index (χ3v) is 2.81. The number of nitrogens with one attached hydrogen (secondary N) is 1. The van der Waals surface area contributed by atoms with Gasteiger partial charge in [-0.2, -0.15) is 0 Å². The Balaban J connectivity index is 4.23. The molecule has 3 nitrogen and oxygen atoms in total. The number of hydrogen-bond acceptors (Lipinski definition) is 2. The summed E-state index contributed by atoms with van der Waals surface area (Å²) in [7, 11) is 0. The van der Waals surface area contributed by atoms with E-state index in [1.807, 2.05) is 0 Å². The van der Waals surface area contributed by atoms with Gasteiger partial charge in [-0.05, 0) is 19.3 Å². The maximum absolute atomic E-state index is 12.0. The second-order valence-corrected chi connectivity index (χ2v) is 4.33. The number of amides is 1. The molecule has 98 valence electrons. The first kappa shape index (κ1) is 15.9. The van der Waals surface area contributed by atoms with Crippen molar-refractivity contribution in [3.8, 4) is 0 Å². The molecule has 0 aromatic carbocycles. The molecular formula is C14H26N2O. The molecule has 1 unspecified atom stereocenters. The molecule has 1 amide bonds. The molecule has 0 spiro atoms. The minimum absolute atomic E-state index is 0.0549. The number of allylic oxidation sites excluding steroid dienone is 2. The summed E-state index contributed by atoms with van der Waals surface area (Å²) in [5, 5.41) is 3.01. The molecule has 0 fully saturated rings. The Morgan fingerprint density at radius 1 is 1.35 bits per heavy atom. The van der Waals surface area contributed by atoms with Crippen LogP contribution in [-0.4, -0.2) is 18.5 Å². The van der Waals surface area contributed by atoms with E-state index in [4.69, 9.17) is 5.73 Å². The molecule has 0 aliphatic heterocycles. The predicted octanol–water partition coefficient (Wildman–Crippen LogP) is 2.39. The molecule has 17 heavy (non-hydrogen) atoms. The lowest BCUT2D eigenvalue weighted by molar-refractivity contribution is -0.125. The molecule has 0 heterocycles. The Morgan fingerprint density at radius 2 is 1.94 bits per heavy atom. The minimum Gasteiger partial charge on any atom is -0.352 e. The Hall–Kier alpha value is -1.09. The molecule has 1 atom stereocenters. The van der Waals surface area contributed by atoms with E-state index in [0.29, 0.717) is 19.4 Å². The van der Waals surface area contributed by atoms with Crippen LogP contribution in [-0.2, 0) is 4.79 Å². The highest BCUT2D eigenvalue weighted by Crippen LogP contribution is 2.11. The number of unbranched alkanes of at least 4 members (excludes halogenated alkanes) is 1. The third kappa shape index (κ3) is 6.95. The van der Waals surface area contributed by atoms with Crippen molar-refractivity contribution in [3.05, 3.63) is 25.3 Å². The van der Waals surface area contributed by atoms with Gasteiger partial charge in [0, 0.05) is 18.5 Å². The van der Waals surface area contributed by atoms with Crippen LogP contribution in [0.1, 0.15) is 39.0 Å². The Bertz CT molecular complexity index is 228. The topological polar surface area (TPSA) is 55.1 Å². The smallest absolute Gasteiger partial charge is 0.223 e. The van der Waals surface area contributed by atoms with Crippen LogP contribution in [0.25, 0.3) is 0 Å². The average molecular weight is 238 g/mol. The zero-order valence-electron chi connectivity index (χ0n) is 11.0. The average Bonchev–Trinajstić information content (AvgIpc) is 2.33. The summed E-state index contributed by atoms with van der Waals surface area (Å²) in [6.07, 6.45) is 8.08. The van der Waals surface area contributed by atoms with Crippen LogP contribution in [0.3, 0.4) is 0 Å². The second kappa shape index (κ2) is 10.1. The highest BCUT2D eigenvalue weighted by molar-refractivity contribution is 5.79. The van der Waals surface area contributed by atoms with Crippen molar-refractivity contribution in [1.82, 2.24) is 5.32 Å². The maximum Gasteiger partial charge on any atom is 0.223 e. The van der Waals surface area contributed by atoms with Gasteiger partial charge < -0.3 is 11.1 Å². The summed E-state index contributed by atoms with van der Waals surface area (Å²) in [6.45, 7) is 9.98. The fourth-order valence-electron chi connectivity index (χ4n) is 1.73. The van der Waals surface area contributed by atoms with E-state index < -0.39 is 0 Å². The minimum atomic E-state index is -0.0549. The van der Waals surface area contributed by atoms with Crippen molar-refractivity contribution in [3.63, 3.8) is 0 Å². The number of carbonyl (C=O) groups excluding carboxylic acids is 1. The first-order valence-corrected chi connectivity index (χ1v) is 6.41. The summed E-state index contributed by atoms with van der Waals surface area (Å²) in [6, 6.07) is 0.0968. The molecule has 0 aliphatic rings. The van der Waals surface area contributed by atoms with Crippen LogP contribution in [0.2, 0.25) is 0 Å². The molecule has 3 heteroatoms. The van der Waals surface area contributed by atoms with Crippen molar-refractivity contribution >= 4 is 5.91 Å². The van der Waals surface area contributed by atoms with E-state index in [2.05, 4.69) is 25.4 Å². The molecule has 0 aromatic rings. The molecule has 3 N–H and O–H groups in total. The number of rotatable bonds is 10. The highest BCUT2D eigenvalue weighted by Gasteiger charge is 2.18. The summed E-state index contributed by atoms with van der Waals surface area (Å²) in [5.41, 5.74) is 5.65. The predicted molar refractivity (Wildman–Crippen MR) is 73.6 cm³/mol. The molecular weight excluding hydrogens is 212 g/mol. The molecule has 0 rings (SSSR count). The van der Waals surface area contributed by atoms with Gasteiger partial charge in [0.15, 0.2) is 0 Å². The monoisotopic (exact) mass is 238 g/mol. The fourth-order valence-corrected chi connectivity index (χ4v) is 1.73.